The van der Waals surface area contributed by atoms with E-state index in [4.69, 9.17) is 11.5 Å². The van der Waals surface area contributed by atoms with Crippen molar-refractivity contribution in [1.29, 1.82) is 0 Å². The van der Waals surface area contributed by atoms with Gasteiger partial charge in [0.25, 0.3) is 6.43 Å². The zero-order valence-corrected chi connectivity index (χ0v) is 11.2. The Morgan fingerprint density at radius 3 is 2.19 bits per heavy atom. The number of nitrogens with two attached hydrogens (primary N) is 2. The molecule has 1 aromatic heterocycles. The van der Waals surface area contributed by atoms with Crippen molar-refractivity contribution in [3.63, 3.8) is 0 Å². The van der Waals surface area contributed by atoms with Crippen molar-refractivity contribution in [1.82, 2.24) is 4.98 Å². The lowest BCUT2D eigenvalue weighted by molar-refractivity contribution is 0.146. The first-order chi connectivity index (χ1) is 9.97. The van der Waals surface area contributed by atoms with Gasteiger partial charge in [0, 0.05) is 18.3 Å². The first-order valence-electron chi connectivity index (χ1n) is 6.47. The molecule has 4 N–H and O–H groups in total. The average Bonchev–Trinajstić information content (AvgIpc) is 2.47. The topological polar surface area (TPSA) is 64.9 Å². The van der Waals surface area contributed by atoms with Crippen LogP contribution in [-0.2, 0) is 6.42 Å². The van der Waals surface area contributed by atoms with Gasteiger partial charge in [-0.2, -0.15) is 0 Å². The molecular formula is C15H16F3N3. The van der Waals surface area contributed by atoms with E-state index in [1.165, 1.54) is 24.4 Å². The Hall–Kier alpha value is -1.92. The molecule has 3 nitrogen and oxygen atoms in total. The van der Waals surface area contributed by atoms with Crippen LogP contribution in [0.5, 0.6) is 0 Å². The number of aromatic nitrogens is 1. The number of benzene rings is 1. The summed E-state index contributed by atoms with van der Waals surface area (Å²) < 4.78 is 37.7. The molecule has 21 heavy (non-hydrogen) atoms. The van der Waals surface area contributed by atoms with Crippen LogP contribution in [0.25, 0.3) is 0 Å². The highest BCUT2D eigenvalue weighted by Crippen LogP contribution is 2.19. The molecule has 0 radical (unpaired) electrons. The van der Waals surface area contributed by atoms with Crippen LogP contribution < -0.4 is 11.5 Å². The number of pyridine rings is 1. The number of rotatable bonds is 5. The summed E-state index contributed by atoms with van der Waals surface area (Å²) >= 11 is 0. The Kier molecular flexibility index (Phi) is 4.93. The minimum Gasteiger partial charge on any atom is -0.326 e. The lowest BCUT2D eigenvalue weighted by Gasteiger charge is -2.20. The minimum atomic E-state index is -2.59. The monoisotopic (exact) mass is 295 g/mol. The van der Waals surface area contributed by atoms with Crippen LogP contribution in [0.3, 0.4) is 0 Å². The van der Waals surface area contributed by atoms with Gasteiger partial charge in [-0.15, -0.1) is 0 Å². The van der Waals surface area contributed by atoms with Crippen LogP contribution in [-0.4, -0.2) is 11.0 Å². The lowest BCUT2D eigenvalue weighted by Crippen LogP contribution is -2.36. The van der Waals surface area contributed by atoms with Crippen molar-refractivity contribution >= 4 is 0 Å². The van der Waals surface area contributed by atoms with Crippen molar-refractivity contribution in [2.24, 2.45) is 11.5 Å². The smallest absolute Gasteiger partial charge is 0.280 e. The zero-order chi connectivity index (χ0) is 15.4. The summed E-state index contributed by atoms with van der Waals surface area (Å²) in [7, 11) is 0. The molecule has 6 heteroatoms. The molecule has 0 bridgehead atoms. The Morgan fingerprint density at radius 2 is 1.67 bits per heavy atom. The first-order valence-corrected chi connectivity index (χ1v) is 6.47. The molecule has 0 aliphatic carbocycles. The molecule has 0 spiro atoms. The molecule has 0 fully saturated rings. The highest BCUT2D eigenvalue weighted by molar-refractivity contribution is 5.23. The normalized spacial score (nSPS) is 14.2. The van der Waals surface area contributed by atoms with E-state index in [0.29, 0.717) is 6.42 Å². The summed E-state index contributed by atoms with van der Waals surface area (Å²) in [6.07, 6.45) is -0.817. The number of hydrogen-bond donors (Lipinski definition) is 2. The number of nitrogens with zero attached hydrogens (tertiary/aromatic N) is 1. The summed E-state index contributed by atoms with van der Waals surface area (Å²) in [5, 5.41) is 0. The molecule has 112 valence electrons. The molecular weight excluding hydrogens is 279 g/mol. The van der Waals surface area contributed by atoms with E-state index >= 15 is 0 Å². The van der Waals surface area contributed by atoms with Crippen LogP contribution >= 0.6 is 0 Å². The number of hydrogen-bond acceptors (Lipinski definition) is 3. The average molecular weight is 295 g/mol. The zero-order valence-electron chi connectivity index (χ0n) is 11.2. The summed E-state index contributed by atoms with van der Waals surface area (Å²) in [6, 6.07) is 7.75. The van der Waals surface area contributed by atoms with Crippen molar-refractivity contribution < 1.29 is 13.2 Å². The Bertz CT molecular complexity index is 570. The predicted octanol–water partition coefficient (Wildman–Crippen LogP) is 2.73. The van der Waals surface area contributed by atoms with Gasteiger partial charge >= 0.3 is 0 Å². The van der Waals surface area contributed by atoms with Crippen molar-refractivity contribution in [2.75, 3.05) is 0 Å². The first kappa shape index (κ1) is 15.5. The second-order valence-electron chi connectivity index (χ2n) is 4.84. The van der Waals surface area contributed by atoms with Crippen molar-refractivity contribution in [3.05, 3.63) is 65.2 Å². The maximum Gasteiger partial charge on any atom is 0.280 e. The third-order valence-corrected chi connectivity index (χ3v) is 3.26. The van der Waals surface area contributed by atoms with Crippen molar-refractivity contribution in [2.45, 2.75) is 24.9 Å². The summed E-state index contributed by atoms with van der Waals surface area (Å²) in [6.45, 7) is 0. The third-order valence-electron chi connectivity index (χ3n) is 3.26. The molecule has 1 heterocycles. The fourth-order valence-electron chi connectivity index (χ4n) is 2.02. The standard InChI is InChI=1S/C15H16F3N3/c16-11-4-2-10(3-5-11)14(20)12(19)7-9-1-6-13(15(17)18)21-8-9/h1-6,8,12,14-15H,7,19-20H2/t12-,14?/m0/s1. The lowest BCUT2D eigenvalue weighted by atomic mass is 9.96. The van der Waals surface area contributed by atoms with Gasteiger partial charge in [-0.1, -0.05) is 18.2 Å². The maximum absolute atomic E-state index is 12.9. The van der Waals surface area contributed by atoms with Gasteiger partial charge in [0.15, 0.2) is 0 Å². The van der Waals surface area contributed by atoms with Gasteiger partial charge < -0.3 is 11.5 Å². The second-order valence-corrected chi connectivity index (χ2v) is 4.84. The Labute approximate surface area is 120 Å². The van der Waals surface area contributed by atoms with E-state index in [1.807, 2.05) is 0 Å². The van der Waals surface area contributed by atoms with E-state index in [-0.39, 0.29) is 11.5 Å². The fraction of sp³-hybridized carbons (Fsp3) is 0.267. The quantitative estimate of drug-likeness (QED) is 0.891. The Morgan fingerprint density at radius 1 is 1.00 bits per heavy atom. The van der Waals surface area contributed by atoms with E-state index < -0.39 is 18.5 Å². The molecule has 0 aliphatic heterocycles. The molecule has 1 aromatic carbocycles. The van der Waals surface area contributed by atoms with Gasteiger partial charge in [-0.25, -0.2) is 13.2 Å². The molecule has 1 unspecified atom stereocenters. The highest BCUT2D eigenvalue weighted by Gasteiger charge is 2.16. The Balaban J connectivity index is 2.03. The van der Waals surface area contributed by atoms with E-state index in [0.717, 1.165) is 11.1 Å². The van der Waals surface area contributed by atoms with Crippen LogP contribution in [0.2, 0.25) is 0 Å². The molecule has 2 aromatic rings. The molecule has 2 atom stereocenters. The second kappa shape index (κ2) is 6.69. The summed E-state index contributed by atoms with van der Waals surface area (Å²) in [5.74, 6) is -0.341. The van der Waals surface area contributed by atoms with Crippen LogP contribution in [0.15, 0.2) is 42.6 Å². The van der Waals surface area contributed by atoms with Crippen LogP contribution in [0.4, 0.5) is 13.2 Å². The maximum atomic E-state index is 12.9. The SMILES string of the molecule is NC(c1ccc(F)cc1)[C@@H](N)Cc1ccc(C(F)F)nc1. The van der Waals surface area contributed by atoms with Gasteiger partial charge in [-0.3, -0.25) is 4.98 Å². The van der Waals surface area contributed by atoms with Crippen LogP contribution in [0, 0.1) is 5.82 Å². The molecule has 2 rings (SSSR count). The van der Waals surface area contributed by atoms with E-state index in [1.54, 1.807) is 18.2 Å². The van der Waals surface area contributed by atoms with Gasteiger partial charge in [0.2, 0.25) is 0 Å². The summed E-state index contributed by atoms with van der Waals surface area (Å²) in [5.41, 5.74) is 13.2. The van der Waals surface area contributed by atoms with E-state index in [9.17, 15) is 13.2 Å². The molecule has 0 amide bonds. The summed E-state index contributed by atoms with van der Waals surface area (Å²) in [4.78, 5) is 3.68. The number of alkyl halides is 2. The van der Waals surface area contributed by atoms with Gasteiger partial charge in [0.05, 0.1) is 0 Å². The minimum absolute atomic E-state index is 0.268. The predicted molar refractivity (Wildman–Crippen MR) is 74.2 cm³/mol. The van der Waals surface area contributed by atoms with Gasteiger partial charge in [-0.05, 0) is 35.7 Å². The van der Waals surface area contributed by atoms with Crippen LogP contribution in [0.1, 0.15) is 29.3 Å². The van der Waals surface area contributed by atoms with Gasteiger partial charge in [0.1, 0.15) is 11.5 Å². The molecule has 0 aliphatic rings. The molecule has 0 saturated heterocycles. The number of halogens is 3. The third kappa shape index (κ3) is 4.03. The van der Waals surface area contributed by atoms with Crippen molar-refractivity contribution in [3.8, 4) is 0 Å². The fourth-order valence-corrected chi connectivity index (χ4v) is 2.02. The molecule has 0 saturated carbocycles. The van der Waals surface area contributed by atoms with E-state index in [2.05, 4.69) is 4.98 Å². The largest absolute Gasteiger partial charge is 0.326 e. The highest BCUT2D eigenvalue weighted by atomic mass is 19.3.